The number of thiol groups is 1. The number of para-hydroxylation sites is 1. The molecule has 2 aromatic rings. The maximum Gasteiger partial charge on any atom is 0.198 e. The van der Waals surface area contributed by atoms with Crippen LogP contribution in [0.4, 0.5) is 0 Å². The van der Waals surface area contributed by atoms with E-state index in [1.165, 1.54) is 22.2 Å². The average Bonchev–Trinajstić information content (AvgIpc) is 2.44. The number of benzene rings is 1. The number of aryl methyl sites for hydroxylation is 2. The molecule has 16 heavy (non-hydrogen) atoms. The first kappa shape index (κ1) is 12.7. The Labute approximate surface area is 96.8 Å². The minimum absolute atomic E-state index is 1.33. The van der Waals surface area contributed by atoms with Crippen molar-refractivity contribution in [1.29, 1.82) is 0 Å². The van der Waals surface area contributed by atoms with Crippen LogP contribution in [0.5, 0.6) is 0 Å². The smallest absolute Gasteiger partial charge is 0.198 e. The maximum atomic E-state index is 8.81. The Morgan fingerprint density at radius 2 is 1.69 bits per heavy atom. The molecule has 2 rings (SSSR count). The minimum atomic E-state index is -2.62. The largest absolute Gasteiger partial charge is 0.348 e. The Morgan fingerprint density at radius 1 is 1.19 bits per heavy atom. The van der Waals surface area contributed by atoms with Crippen LogP contribution < -0.4 is 5.14 Å². The maximum absolute atomic E-state index is 8.81. The lowest BCUT2D eigenvalue weighted by Gasteiger charge is -1.96. The number of nitrogens with two attached hydrogens (primary N) is 1. The molecule has 0 amide bonds. The van der Waals surface area contributed by atoms with Crippen LogP contribution in [0, 0.1) is 13.8 Å². The molecule has 0 saturated carbocycles. The standard InChI is InChI=1S/C11H13N.H3NO2S/c1-8-9(2)12(3)11-7-5-4-6-10(8)11;1-4(2)3/h4-7H,1-3H3;4H,(H2,1,2,3). The molecule has 5 heteroatoms. The first-order valence-electron chi connectivity index (χ1n) is 4.85. The molecule has 0 unspecified atom stereocenters. The molecule has 0 aliphatic heterocycles. The molecule has 1 aromatic heterocycles. The van der Waals surface area contributed by atoms with E-state index in [1.807, 2.05) is 0 Å². The summed E-state index contributed by atoms with van der Waals surface area (Å²) in [5.41, 5.74) is 4.08. The van der Waals surface area contributed by atoms with E-state index in [1.54, 1.807) is 0 Å². The molecule has 0 atom stereocenters. The quantitative estimate of drug-likeness (QED) is 0.681. The zero-order valence-corrected chi connectivity index (χ0v) is 10.5. The van der Waals surface area contributed by atoms with E-state index in [0.717, 1.165) is 0 Å². The Hall–Kier alpha value is -1.33. The van der Waals surface area contributed by atoms with Gasteiger partial charge in [0.1, 0.15) is 0 Å². The van der Waals surface area contributed by atoms with E-state index in [9.17, 15) is 0 Å². The third-order valence-electron chi connectivity index (χ3n) is 2.72. The van der Waals surface area contributed by atoms with Crippen LogP contribution in [-0.4, -0.2) is 13.0 Å². The van der Waals surface area contributed by atoms with Gasteiger partial charge in [0.2, 0.25) is 0 Å². The minimum Gasteiger partial charge on any atom is -0.348 e. The van der Waals surface area contributed by atoms with E-state index in [0.29, 0.717) is 0 Å². The second kappa shape index (κ2) is 5.14. The molecular weight excluding hydrogens is 224 g/mol. The van der Waals surface area contributed by atoms with Crippen molar-refractivity contribution in [2.45, 2.75) is 13.8 Å². The van der Waals surface area contributed by atoms with Crippen molar-refractivity contribution >= 4 is 21.8 Å². The molecule has 4 nitrogen and oxygen atoms in total. The SMILES string of the molecule is Cc1c(C)n(C)c2ccccc12.N[SH](=O)=O. The van der Waals surface area contributed by atoms with Crippen molar-refractivity contribution in [2.24, 2.45) is 12.2 Å². The van der Waals surface area contributed by atoms with Crippen LogP contribution in [-0.2, 0) is 17.9 Å². The zero-order valence-electron chi connectivity index (χ0n) is 9.60. The molecule has 0 aliphatic rings. The molecular formula is C11H16N2O2S. The number of nitrogens with zero attached hydrogens (tertiary/aromatic N) is 1. The molecule has 0 bridgehead atoms. The molecule has 88 valence electrons. The second-order valence-electron chi connectivity index (χ2n) is 3.57. The van der Waals surface area contributed by atoms with E-state index >= 15 is 0 Å². The van der Waals surface area contributed by atoms with Crippen LogP contribution in [0.15, 0.2) is 24.3 Å². The molecule has 0 spiro atoms. The highest BCUT2D eigenvalue weighted by Crippen LogP contribution is 2.22. The Balaban J connectivity index is 0.000000280. The number of rotatable bonds is 0. The summed E-state index contributed by atoms with van der Waals surface area (Å²) in [4.78, 5) is 0. The van der Waals surface area contributed by atoms with E-state index in [-0.39, 0.29) is 0 Å². The summed E-state index contributed by atoms with van der Waals surface area (Å²) in [6.07, 6.45) is 0. The summed E-state index contributed by atoms with van der Waals surface area (Å²) in [5, 5.41) is 5.44. The van der Waals surface area contributed by atoms with Crippen molar-refractivity contribution < 1.29 is 8.42 Å². The normalized spacial score (nSPS) is 10.3. The monoisotopic (exact) mass is 240 g/mol. The van der Waals surface area contributed by atoms with Crippen LogP contribution in [0.25, 0.3) is 10.9 Å². The fraction of sp³-hybridized carbons (Fsp3) is 0.273. The molecule has 0 saturated heterocycles. The van der Waals surface area contributed by atoms with Gasteiger partial charge >= 0.3 is 0 Å². The summed E-state index contributed by atoms with van der Waals surface area (Å²) in [7, 11) is -0.505. The summed E-state index contributed by atoms with van der Waals surface area (Å²) >= 11 is 0. The third kappa shape index (κ3) is 2.62. The molecule has 1 heterocycles. The number of aromatic nitrogens is 1. The van der Waals surface area contributed by atoms with Crippen molar-refractivity contribution in [2.75, 3.05) is 0 Å². The average molecular weight is 240 g/mol. The summed E-state index contributed by atoms with van der Waals surface area (Å²) in [6, 6.07) is 8.52. The van der Waals surface area contributed by atoms with Crippen LogP contribution in [0.2, 0.25) is 0 Å². The lowest BCUT2D eigenvalue weighted by molar-refractivity contribution is 0.616. The Bertz CT molecular complexity index is 524. The first-order chi connectivity index (χ1) is 7.45. The van der Waals surface area contributed by atoms with Crippen LogP contribution >= 0.6 is 0 Å². The van der Waals surface area contributed by atoms with Crippen molar-refractivity contribution in [3.05, 3.63) is 35.5 Å². The number of hydrogen-bond donors (Lipinski definition) is 2. The van der Waals surface area contributed by atoms with Gasteiger partial charge in [-0.1, -0.05) is 18.2 Å². The topological polar surface area (TPSA) is 65.1 Å². The van der Waals surface area contributed by atoms with Gasteiger partial charge in [0.05, 0.1) is 0 Å². The van der Waals surface area contributed by atoms with Crippen molar-refractivity contribution in [3.8, 4) is 0 Å². The van der Waals surface area contributed by atoms with Gasteiger partial charge in [-0.05, 0) is 25.5 Å². The van der Waals surface area contributed by atoms with Crippen molar-refractivity contribution in [3.63, 3.8) is 0 Å². The van der Waals surface area contributed by atoms with Gasteiger partial charge in [0.25, 0.3) is 0 Å². The van der Waals surface area contributed by atoms with Gasteiger partial charge in [0.15, 0.2) is 10.9 Å². The number of fused-ring (bicyclic) bond motifs is 1. The zero-order chi connectivity index (χ0) is 12.3. The summed E-state index contributed by atoms with van der Waals surface area (Å²) in [6.45, 7) is 4.34. The highest BCUT2D eigenvalue weighted by atomic mass is 32.2. The molecule has 1 aromatic carbocycles. The highest BCUT2D eigenvalue weighted by molar-refractivity contribution is 7.69. The second-order valence-corrected chi connectivity index (χ2v) is 4.14. The van der Waals surface area contributed by atoms with E-state index in [2.05, 4.69) is 54.9 Å². The lowest BCUT2D eigenvalue weighted by Crippen LogP contribution is -1.89. The molecule has 0 fully saturated rings. The Morgan fingerprint density at radius 3 is 2.19 bits per heavy atom. The molecule has 0 radical (unpaired) electrons. The lowest BCUT2D eigenvalue weighted by atomic mass is 10.2. The predicted molar refractivity (Wildman–Crippen MR) is 66.9 cm³/mol. The summed E-state index contributed by atoms with van der Waals surface area (Å²) in [5.74, 6) is 0. The van der Waals surface area contributed by atoms with Gasteiger partial charge < -0.3 is 4.57 Å². The van der Waals surface area contributed by atoms with E-state index in [4.69, 9.17) is 8.42 Å². The Kier molecular flexibility index (Phi) is 4.09. The van der Waals surface area contributed by atoms with Gasteiger partial charge in [-0.15, -0.1) is 0 Å². The van der Waals surface area contributed by atoms with Gasteiger partial charge in [-0.2, -0.15) is 0 Å². The summed E-state index contributed by atoms with van der Waals surface area (Å²) < 4.78 is 19.9. The van der Waals surface area contributed by atoms with E-state index < -0.39 is 10.9 Å². The highest BCUT2D eigenvalue weighted by Gasteiger charge is 2.05. The van der Waals surface area contributed by atoms with Gasteiger partial charge in [0, 0.05) is 23.6 Å². The predicted octanol–water partition coefficient (Wildman–Crippen LogP) is 1.27. The third-order valence-corrected chi connectivity index (χ3v) is 2.72. The fourth-order valence-corrected chi connectivity index (χ4v) is 1.71. The van der Waals surface area contributed by atoms with Gasteiger partial charge in [-0.25, -0.2) is 13.6 Å². The van der Waals surface area contributed by atoms with Crippen LogP contribution in [0.3, 0.4) is 0 Å². The molecule has 2 N–H and O–H groups in total. The first-order valence-corrected chi connectivity index (χ1v) is 6.09. The van der Waals surface area contributed by atoms with Gasteiger partial charge in [-0.3, -0.25) is 0 Å². The number of hydrogen-bond acceptors (Lipinski definition) is 2. The van der Waals surface area contributed by atoms with Crippen LogP contribution in [0.1, 0.15) is 11.3 Å². The molecule has 0 aliphatic carbocycles. The fourth-order valence-electron chi connectivity index (χ4n) is 1.71. The van der Waals surface area contributed by atoms with Crippen molar-refractivity contribution in [1.82, 2.24) is 4.57 Å².